The van der Waals surface area contributed by atoms with Crippen LogP contribution in [0.3, 0.4) is 0 Å². The topological polar surface area (TPSA) is 67.2 Å². The number of rotatable bonds is 2. The molecule has 16 heavy (non-hydrogen) atoms. The van der Waals surface area contributed by atoms with Crippen LogP contribution in [0.15, 0.2) is 6.33 Å². The van der Waals surface area contributed by atoms with Crippen LogP contribution in [0.25, 0.3) is 0 Å². The Bertz CT molecular complexity index is 436. The van der Waals surface area contributed by atoms with Crippen molar-refractivity contribution in [3.8, 4) is 0 Å². The molecule has 0 radical (unpaired) electrons. The van der Waals surface area contributed by atoms with E-state index >= 15 is 0 Å². The van der Waals surface area contributed by atoms with Gasteiger partial charge in [-0.15, -0.1) is 0 Å². The summed E-state index contributed by atoms with van der Waals surface area (Å²) in [6.07, 6.45) is 4.66. The Morgan fingerprint density at radius 3 is 3.00 bits per heavy atom. The van der Waals surface area contributed by atoms with Gasteiger partial charge in [0.2, 0.25) is 0 Å². The average molecular weight is 221 g/mol. The molecule has 0 bridgehead atoms. The van der Waals surface area contributed by atoms with Crippen LogP contribution in [0, 0.1) is 5.92 Å². The normalized spacial score (nSPS) is 28.8. The van der Waals surface area contributed by atoms with E-state index in [4.69, 9.17) is 5.11 Å². The van der Waals surface area contributed by atoms with E-state index in [1.807, 2.05) is 11.6 Å². The number of hydrogen-bond donors (Lipinski definition) is 2. The molecule has 5 nitrogen and oxygen atoms in total. The van der Waals surface area contributed by atoms with Gasteiger partial charge in [0.25, 0.3) is 0 Å². The fourth-order valence-corrected chi connectivity index (χ4v) is 2.54. The summed E-state index contributed by atoms with van der Waals surface area (Å²) in [5.41, 5.74) is 2.13. The zero-order chi connectivity index (χ0) is 11.3. The van der Waals surface area contributed by atoms with Crippen molar-refractivity contribution in [1.82, 2.24) is 14.9 Å². The Kier molecular flexibility index (Phi) is 2.04. The Labute approximate surface area is 93.5 Å². The highest BCUT2D eigenvalue weighted by Gasteiger charge is 2.41. The molecule has 2 heterocycles. The lowest BCUT2D eigenvalue weighted by Crippen LogP contribution is -2.45. The highest BCUT2D eigenvalue weighted by molar-refractivity contribution is 5.74. The molecule has 1 aromatic rings. The van der Waals surface area contributed by atoms with Gasteiger partial charge in [-0.25, -0.2) is 4.98 Å². The predicted molar refractivity (Wildman–Crippen MR) is 56.9 cm³/mol. The van der Waals surface area contributed by atoms with Crippen LogP contribution in [-0.4, -0.2) is 26.7 Å². The second-order valence-corrected chi connectivity index (χ2v) is 4.76. The number of carbonyl (C=O) groups is 1. The molecule has 1 unspecified atom stereocenters. The molecule has 0 spiro atoms. The van der Waals surface area contributed by atoms with Crippen LogP contribution >= 0.6 is 0 Å². The van der Waals surface area contributed by atoms with Crippen LogP contribution in [0.5, 0.6) is 0 Å². The van der Waals surface area contributed by atoms with Gasteiger partial charge in [-0.05, 0) is 18.8 Å². The first-order valence-corrected chi connectivity index (χ1v) is 5.65. The number of carboxylic acid groups (broad SMARTS) is 1. The maximum absolute atomic E-state index is 11.1. The number of imidazole rings is 1. The van der Waals surface area contributed by atoms with Gasteiger partial charge in [0.1, 0.15) is 6.04 Å². The molecule has 0 aromatic carbocycles. The Morgan fingerprint density at radius 1 is 1.62 bits per heavy atom. The van der Waals surface area contributed by atoms with E-state index in [1.54, 1.807) is 6.33 Å². The third kappa shape index (κ3) is 1.43. The summed E-state index contributed by atoms with van der Waals surface area (Å²) in [5.74, 6) is -0.182. The highest BCUT2D eigenvalue weighted by Crippen LogP contribution is 2.43. The summed E-state index contributed by atoms with van der Waals surface area (Å²) >= 11 is 0. The first-order chi connectivity index (χ1) is 7.66. The number of nitrogens with zero attached hydrogens (tertiary/aromatic N) is 2. The first-order valence-electron chi connectivity index (χ1n) is 5.65. The minimum absolute atomic E-state index is 0.178. The lowest BCUT2D eigenvalue weighted by atomic mass is 9.96. The van der Waals surface area contributed by atoms with Crippen molar-refractivity contribution in [3.63, 3.8) is 0 Å². The SMILES string of the molecule is Cn1cnc2c1C(C1CC1)N[C@@H](C(=O)O)C2. The quantitative estimate of drug-likeness (QED) is 0.761. The van der Waals surface area contributed by atoms with Crippen molar-refractivity contribution in [2.45, 2.75) is 31.3 Å². The van der Waals surface area contributed by atoms with Crippen LogP contribution < -0.4 is 5.32 Å². The highest BCUT2D eigenvalue weighted by atomic mass is 16.4. The first kappa shape index (κ1) is 9.84. The third-order valence-electron chi connectivity index (χ3n) is 3.53. The van der Waals surface area contributed by atoms with E-state index in [9.17, 15) is 4.79 Å². The van der Waals surface area contributed by atoms with E-state index < -0.39 is 12.0 Å². The molecule has 1 aliphatic heterocycles. The lowest BCUT2D eigenvalue weighted by molar-refractivity contribution is -0.140. The second-order valence-electron chi connectivity index (χ2n) is 4.76. The second kappa shape index (κ2) is 3.31. The number of hydrogen-bond acceptors (Lipinski definition) is 3. The van der Waals surface area contributed by atoms with Crippen molar-refractivity contribution >= 4 is 5.97 Å². The maximum Gasteiger partial charge on any atom is 0.321 e. The summed E-state index contributed by atoms with van der Waals surface area (Å²) in [6, 6.07) is -0.301. The minimum Gasteiger partial charge on any atom is -0.480 e. The fourth-order valence-electron chi connectivity index (χ4n) is 2.54. The average Bonchev–Trinajstić information content (AvgIpc) is 3.03. The smallest absolute Gasteiger partial charge is 0.321 e. The van der Waals surface area contributed by atoms with Gasteiger partial charge in [0, 0.05) is 13.5 Å². The number of aromatic nitrogens is 2. The molecule has 0 saturated heterocycles. The minimum atomic E-state index is -0.776. The van der Waals surface area contributed by atoms with E-state index in [2.05, 4.69) is 10.3 Å². The van der Waals surface area contributed by atoms with E-state index in [1.165, 1.54) is 18.5 Å². The largest absolute Gasteiger partial charge is 0.480 e. The number of aryl methyl sites for hydroxylation is 1. The lowest BCUT2D eigenvalue weighted by Gasteiger charge is -2.29. The van der Waals surface area contributed by atoms with Gasteiger partial charge in [0.15, 0.2) is 0 Å². The van der Waals surface area contributed by atoms with Gasteiger partial charge >= 0.3 is 5.97 Å². The number of fused-ring (bicyclic) bond motifs is 1. The van der Waals surface area contributed by atoms with Crippen molar-refractivity contribution in [2.24, 2.45) is 13.0 Å². The maximum atomic E-state index is 11.1. The predicted octanol–water partition coefficient (Wildman–Crippen LogP) is 0.470. The fraction of sp³-hybridized carbons (Fsp3) is 0.636. The van der Waals surface area contributed by atoms with E-state index in [-0.39, 0.29) is 6.04 Å². The molecule has 2 aliphatic rings. The summed E-state index contributed by atoms with van der Waals surface area (Å²) < 4.78 is 2.02. The molecule has 86 valence electrons. The molecule has 1 aliphatic carbocycles. The van der Waals surface area contributed by atoms with Crippen molar-refractivity contribution in [2.75, 3.05) is 0 Å². The monoisotopic (exact) mass is 221 g/mol. The molecular formula is C11H15N3O2. The van der Waals surface area contributed by atoms with Crippen LogP contribution in [0.1, 0.15) is 30.3 Å². The summed E-state index contributed by atoms with van der Waals surface area (Å²) in [7, 11) is 1.98. The number of aliphatic carboxylic acids is 1. The number of carboxylic acids is 1. The van der Waals surface area contributed by atoms with Crippen LogP contribution in [0.4, 0.5) is 0 Å². The zero-order valence-electron chi connectivity index (χ0n) is 9.18. The summed E-state index contributed by atoms with van der Waals surface area (Å²) in [4.78, 5) is 15.4. The van der Waals surface area contributed by atoms with Crippen molar-refractivity contribution in [1.29, 1.82) is 0 Å². The van der Waals surface area contributed by atoms with Crippen LogP contribution in [0.2, 0.25) is 0 Å². The van der Waals surface area contributed by atoms with Crippen molar-refractivity contribution in [3.05, 3.63) is 17.7 Å². The Morgan fingerprint density at radius 2 is 2.38 bits per heavy atom. The van der Waals surface area contributed by atoms with Gasteiger partial charge in [-0.1, -0.05) is 0 Å². The third-order valence-corrected chi connectivity index (χ3v) is 3.53. The summed E-state index contributed by atoms with van der Waals surface area (Å²) in [6.45, 7) is 0. The molecule has 5 heteroatoms. The van der Waals surface area contributed by atoms with Gasteiger partial charge < -0.3 is 9.67 Å². The van der Waals surface area contributed by atoms with Gasteiger partial charge in [-0.3, -0.25) is 10.1 Å². The van der Waals surface area contributed by atoms with Crippen molar-refractivity contribution < 1.29 is 9.90 Å². The Hall–Kier alpha value is -1.36. The molecular weight excluding hydrogens is 206 g/mol. The molecule has 1 fully saturated rings. The van der Waals surface area contributed by atoms with Gasteiger partial charge in [0.05, 0.1) is 23.8 Å². The Balaban J connectivity index is 1.98. The molecule has 3 rings (SSSR count). The van der Waals surface area contributed by atoms with Crippen LogP contribution in [-0.2, 0) is 18.3 Å². The van der Waals surface area contributed by atoms with E-state index in [0.29, 0.717) is 12.3 Å². The standard InChI is InChI=1S/C11H15N3O2/c1-14-5-12-7-4-8(11(15)16)13-9(10(7)14)6-2-3-6/h5-6,8-9,13H,2-4H2,1H3,(H,15,16)/t8-,9?/m1/s1. The molecule has 2 atom stereocenters. The number of nitrogens with one attached hydrogen (secondary N) is 1. The molecule has 1 saturated carbocycles. The molecule has 0 amide bonds. The zero-order valence-corrected chi connectivity index (χ0v) is 9.18. The summed E-state index contributed by atoms with van der Waals surface area (Å²) in [5, 5.41) is 12.3. The molecule has 1 aromatic heterocycles. The molecule has 2 N–H and O–H groups in total. The van der Waals surface area contributed by atoms with E-state index in [0.717, 1.165) is 5.69 Å². The van der Waals surface area contributed by atoms with Gasteiger partial charge in [-0.2, -0.15) is 0 Å².